The van der Waals surface area contributed by atoms with Gasteiger partial charge < -0.3 is 0 Å². The Morgan fingerprint density at radius 2 is 1.28 bits per heavy atom. The fourth-order valence-electron chi connectivity index (χ4n) is 3.82. The molecule has 0 amide bonds. The Labute approximate surface area is 153 Å². The first-order valence-corrected chi connectivity index (χ1v) is 9.78. The van der Waals surface area contributed by atoms with E-state index in [4.69, 9.17) is 0 Å². The smallest absolute Gasteiger partial charge is 0.0149 e. The van der Waals surface area contributed by atoms with Crippen molar-refractivity contribution in [1.29, 1.82) is 0 Å². The van der Waals surface area contributed by atoms with E-state index in [1.54, 1.807) is 0 Å². The predicted octanol–water partition coefficient (Wildman–Crippen LogP) is 6.86. The highest BCUT2D eigenvalue weighted by Gasteiger charge is 2.16. The largest absolute Gasteiger partial charge is 0.0917 e. The van der Waals surface area contributed by atoms with Crippen LogP contribution in [-0.4, -0.2) is 0 Å². The van der Waals surface area contributed by atoms with Gasteiger partial charge in [0.05, 0.1) is 0 Å². The summed E-state index contributed by atoms with van der Waals surface area (Å²) in [6.45, 7) is 4.20. The SMILES string of the molecule is C/C=C/CCCc1ccc2c(c1)CCc1cc(CC/C=C/C)ccc1-2. The number of hydrogen-bond acceptors (Lipinski definition) is 0. The van der Waals surface area contributed by atoms with E-state index in [2.05, 4.69) is 74.5 Å². The third-order valence-electron chi connectivity index (χ3n) is 5.20. The van der Waals surface area contributed by atoms with Crippen molar-refractivity contribution in [3.8, 4) is 11.1 Å². The highest BCUT2D eigenvalue weighted by Crippen LogP contribution is 2.35. The van der Waals surface area contributed by atoms with Crippen LogP contribution in [0.5, 0.6) is 0 Å². The summed E-state index contributed by atoms with van der Waals surface area (Å²) in [7, 11) is 0. The molecule has 0 heteroatoms. The molecule has 2 aromatic rings. The number of benzene rings is 2. The van der Waals surface area contributed by atoms with Crippen molar-refractivity contribution in [2.24, 2.45) is 0 Å². The fourth-order valence-corrected chi connectivity index (χ4v) is 3.82. The summed E-state index contributed by atoms with van der Waals surface area (Å²) in [5.74, 6) is 0. The zero-order valence-corrected chi connectivity index (χ0v) is 15.7. The molecule has 0 heterocycles. The number of aryl methyl sites for hydroxylation is 4. The molecule has 1 aliphatic rings. The van der Waals surface area contributed by atoms with Crippen molar-refractivity contribution in [2.45, 2.75) is 58.8 Å². The monoisotopic (exact) mass is 330 g/mol. The lowest BCUT2D eigenvalue weighted by Gasteiger charge is -2.21. The number of unbranched alkanes of at least 4 members (excludes halogenated alkanes) is 1. The molecule has 3 rings (SSSR count). The van der Waals surface area contributed by atoms with Crippen LogP contribution in [0.2, 0.25) is 0 Å². The van der Waals surface area contributed by atoms with Crippen molar-refractivity contribution in [1.82, 2.24) is 0 Å². The minimum absolute atomic E-state index is 1.14. The summed E-state index contributed by atoms with van der Waals surface area (Å²) >= 11 is 0. The maximum Gasteiger partial charge on any atom is -0.0149 e. The van der Waals surface area contributed by atoms with Crippen LogP contribution in [0.25, 0.3) is 11.1 Å². The summed E-state index contributed by atoms with van der Waals surface area (Å²) in [5, 5.41) is 0. The van der Waals surface area contributed by atoms with Crippen LogP contribution < -0.4 is 0 Å². The Morgan fingerprint density at radius 3 is 1.88 bits per heavy atom. The summed E-state index contributed by atoms with van der Waals surface area (Å²) in [6, 6.07) is 14.3. The molecule has 0 atom stereocenters. The second kappa shape index (κ2) is 8.85. The van der Waals surface area contributed by atoms with Gasteiger partial charge in [-0.25, -0.2) is 0 Å². The van der Waals surface area contributed by atoms with E-state index in [1.807, 2.05) is 0 Å². The second-order valence-electron chi connectivity index (χ2n) is 7.05. The van der Waals surface area contributed by atoms with Gasteiger partial charge >= 0.3 is 0 Å². The van der Waals surface area contributed by atoms with Gasteiger partial charge in [0, 0.05) is 0 Å². The zero-order valence-electron chi connectivity index (χ0n) is 15.7. The fraction of sp³-hybridized carbons (Fsp3) is 0.360. The van der Waals surface area contributed by atoms with Gasteiger partial charge in [-0.1, -0.05) is 60.7 Å². The van der Waals surface area contributed by atoms with E-state index in [-0.39, 0.29) is 0 Å². The molecule has 0 nitrogen and oxygen atoms in total. The Kier molecular flexibility index (Phi) is 6.28. The van der Waals surface area contributed by atoms with E-state index in [9.17, 15) is 0 Å². The molecule has 0 unspecified atom stereocenters. The van der Waals surface area contributed by atoms with E-state index in [0.717, 1.165) is 12.8 Å². The highest BCUT2D eigenvalue weighted by atomic mass is 14.2. The van der Waals surface area contributed by atoms with E-state index >= 15 is 0 Å². The van der Waals surface area contributed by atoms with Crippen molar-refractivity contribution < 1.29 is 0 Å². The summed E-state index contributed by atoms with van der Waals surface area (Å²) in [6.07, 6.45) is 17.1. The Hall–Kier alpha value is -2.08. The molecular weight excluding hydrogens is 300 g/mol. The van der Waals surface area contributed by atoms with Gasteiger partial charge in [0.25, 0.3) is 0 Å². The number of allylic oxidation sites excluding steroid dienone is 4. The van der Waals surface area contributed by atoms with Crippen molar-refractivity contribution in [3.05, 3.63) is 83.0 Å². The van der Waals surface area contributed by atoms with Gasteiger partial charge in [-0.15, -0.1) is 0 Å². The number of hydrogen-bond donors (Lipinski definition) is 0. The van der Waals surface area contributed by atoms with Gasteiger partial charge in [-0.05, 0) is 92.2 Å². The van der Waals surface area contributed by atoms with Crippen LogP contribution in [-0.2, 0) is 25.7 Å². The molecule has 0 aliphatic heterocycles. The van der Waals surface area contributed by atoms with Gasteiger partial charge in [-0.3, -0.25) is 0 Å². The van der Waals surface area contributed by atoms with Crippen molar-refractivity contribution >= 4 is 0 Å². The van der Waals surface area contributed by atoms with E-state index in [1.165, 1.54) is 65.5 Å². The topological polar surface area (TPSA) is 0 Å². The molecule has 2 aromatic carbocycles. The normalized spacial score (nSPS) is 13.4. The minimum Gasteiger partial charge on any atom is -0.0917 e. The first-order valence-electron chi connectivity index (χ1n) is 9.78. The molecule has 0 fully saturated rings. The Morgan fingerprint density at radius 1 is 0.720 bits per heavy atom. The third-order valence-corrected chi connectivity index (χ3v) is 5.20. The van der Waals surface area contributed by atoms with Crippen LogP contribution in [0.3, 0.4) is 0 Å². The maximum atomic E-state index is 2.45. The van der Waals surface area contributed by atoms with Crippen LogP contribution in [0.15, 0.2) is 60.7 Å². The van der Waals surface area contributed by atoms with Gasteiger partial charge in [0.2, 0.25) is 0 Å². The molecular formula is C25H30. The lowest BCUT2D eigenvalue weighted by molar-refractivity contribution is 0.837. The predicted molar refractivity (Wildman–Crippen MR) is 110 cm³/mol. The van der Waals surface area contributed by atoms with E-state index in [0.29, 0.717) is 0 Å². The van der Waals surface area contributed by atoms with Crippen LogP contribution in [0.1, 0.15) is 55.4 Å². The molecule has 0 N–H and O–H groups in total. The average molecular weight is 331 g/mol. The molecule has 0 aromatic heterocycles. The number of rotatable bonds is 7. The zero-order chi connectivity index (χ0) is 17.5. The average Bonchev–Trinajstić information content (AvgIpc) is 2.65. The van der Waals surface area contributed by atoms with Crippen LogP contribution in [0.4, 0.5) is 0 Å². The summed E-state index contributed by atoms with van der Waals surface area (Å²) < 4.78 is 0. The van der Waals surface area contributed by atoms with Gasteiger partial charge in [0.15, 0.2) is 0 Å². The lowest BCUT2D eigenvalue weighted by atomic mass is 9.83. The standard InChI is InChI=1S/C25H30/c1-3-5-7-9-11-21-13-17-25-23(19-21)15-14-22-18-20(10-8-6-4-2)12-16-24(22)25/h3-6,12-13,16-19H,7-11,14-15H2,1-2H3/b5-3+,6-4+. The molecule has 130 valence electrons. The minimum atomic E-state index is 1.14. The second-order valence-corrected chi connectivity index (χ2v) is 7.05. The first kappa shape index (κ1) is 17.7. The maximum absolute atomic E-state index is 2.45. The van der Waals surface area contributed by atoms with Crippen molar-refractivity contribution in [3.63, 3.8) is 0 Å². The summed E-state index contributed by atoms with van der Waals surface area (Å²) in [5.41, 5.74) is 8.95. The molecule has 1 aliphatic carbocycles. The molecule has 0 saturated carbocycles. The van der Waals surface area contributed by atoms with Gasteiger partial charge in [0.1, 0.15) is 0 Å². The Balaban J connectivity index is 1.75. The molecule has 0 bridgehead atoms. The van der Waals surface area contributed by atoms with Crippen LogP contribution in [0, 0.1) is 0 Å². The molecule has 25 heavy (non-hydrogen) atoms. The molecule has 0 radical (unpaired) electrons. The van der Waals surface area contributed by atoms with E-state index < -0.39 is 0 Å². The number of fused-ring (bicyclic) bond motifs is 3. The van der Waals surface area contributed by atoms with Crippen molar-refractivity contribution in [2.75, 3.05) is 0 Å². The van der Waals surface area contributed by atoms with Gasteiger partial charge in [-0.2, -0.15) is 0 Å². The molecule has 0 saturated heterocycles. The quantitative estimate of drug-likeness (QED) is 0.384. The third kappa shape index (κ3) is 4.51. The Bertz CT molecular complexity index is 762. The van der Waals surface area contributed by atoms with Crippen LogP contribution >= 0.6 is 0 Å². The summed E-state index contributed by atoms with van der Waals surface area (Å²) in [4.78, 5) is 0. The first-order chi connectivity index (χ1) is 12.3. The lowest BCUT2D eigenvalue weighted by Crippen LogP contribution is -2.05. The highest BCUT2D eigenvalue weighted by molar-refractivity contribution is 5.73. The molecule has 0 spiro atoms.